The van der Waals surface area contributed by atoms with Gasteiger partial charge in [-0.2, -0.15) is 0 Å². The van der Waals surface area contributed by atoms with E-state index in [1.807, 2.05) is 0 Å². The Morgan fingerprint density at radius 3 is 2.83 bits per heavy atom. The van der Waals surface area contributed by atoms with Crippen LogP contribution >= 0.6 is 0 Å². The lowest BCUT2D eigenvalue weighted by Gasteiger charge is -1.61. The van der Waals surface area contributed by atoms with Crippen LogP contribution in [0, 0.1) is 0 Å². The Morgan fingerprint density at radius 2 is 2.67 bits per heavy atom. The second-order valence-electron chi connectivity index (χ2n) is 0.851. The van der Waals surface area contributed by atoms with Crippen LogP contribution in [0.25, 0.3) is 0 Å². The van der Waals surface area contributed by atoms with E-state index < -0.39 is 0 Å². The molecule has 0 saturated carbocycles. The van der Waals surface area contributed by atoms with E-state index in [1.54, 1.807) is 0 Å². The van der Waals surface area contributed by atoms with Gasteiger partial charge in [0, 0.05) is 6.07 Å². The minimum atomic E-state index is -0.144. The van der Waals surface area contributed by atoms with Gasteiger partial charge in [-0.05, 0) is 0 Å². The molecule has 0 fully saturated rings. The molecule has 0 spiro atoms. The molecule has 1 heterocycles. The Kier molecular flexibility index (Phi) is 0.538. The first-order valence-corrected chi connectivity index (χ1v) is 1.49. The van der Waals surface area contributed by atoms with Gasteiger partial charge in [0.1, 0.15) is 0 Å². The lowest BCUT2D eigenvalue weighted by molar-refractivity contribution is 0.427. The highest BCUT2D eigenvalue weighted by Gasteiger charge is 1.82. The van der Waals surface area contributed by atoms with E-state index in [0.717, 1.165) is 0 Å². The van der Waals surface area contributed by atoms with E-state index in [-0.39, 0.29) is 5.88 Å². The molecule has 1 rings (SSSR count). The quantitative estimate of drug-likeness (QED) is 0.454. The highest BCUT2D eigenvalue weighted by Crippen LogP contribution is 1.95. The topological polar surface area (TPSA) is 48.3 Å². The summed E-state index contributed by atoms with van der Waals surface area (Å²) in [6, 6.07) is 1.36. The minimum absolute atomic E-state index is 0.144. The number of rotatable bonds is 0. The molecule has 0 N–H and O–H groups in total. The van der Waals surface area contributed by atoms with Crippen LogP contribution in [0.1, 0.15) is 0 Å². The SMILES string of the molecule is [N]c1ccno1. The van der Waals surface area contributed by atoms with Crippen LogP contribution in [0.15, 0.2) is 16.8 Å². The molecule has 0 aromatic carbocycles. The Balaban J connectivity index is 3.05. The van der Waals surface area contributed by atoms with Gasteiger partial charge in [0.05, 0.1) is 6.20 Å². The van der Waals surface area contributed by atoms with Crippen LogP contribution in [0.2, 0.25) is 0 Å². The molecule has 6 heavy (non-hydrogen) atoms. The zero-order valence-electron chi connectivity index (χ0n) is 2.96. The lowest BCUT2D eigenvalue weighted by atomic mass is 10.7. The molecule has 0 atom stereocenters. The van der Waals surface area contributed by atoms with Crippen molar-refractivity contribution >= 4 is 5.88 Å². The zero-order chi connectivity index (χ0) is 4.41. The van der Waals surface area contributed by atoms with Gasteiger partial charge in [0.25, 0.3) is 5.88 Å². The van der Waals surface area contributed by atoms with E-state index in [4.69, 9.17) is 5.73 Å². The van der Waals surface area contributed by atoms with Crippen molar-refractivity contribution in [3.63, 3.8) is 0 Å². The van der Waals surface area contributed by atoms with Gasteiger partial charge < -0.3 is 4.52 Å². The van der Waals surface area contributed by atoms with Crippen molar-refractivity contribution in [2.24, 2.45) is 0 Å². The summed E-state index contributed by atoms with van der Waals surface area (Å²) >= 11 is 0. The summed E-state index contributed by atoms with van der Waals surface area (Å²) in [6.45, 7) is 0. The fraction of sp³-hybridized carbons (Fsp3) is 0. The summed E-state index contributed by atoms with van der Waals surface area (Å²) in [5.74, 6) is -0.144. The predicted octanol–water partition coefficient (Wildman–Crippen LogP) is 0.375. The van der Waals surface area contributed by atoms with E-state index >= 15 is 0 Å². The zero-order valence-corrected chi connectivity index (χ0v) is 2.96. The summed E-state index contributed by atoms with van der Waals surface area (Å²) in [7, 11) is 0. The molecule has 0 aliphatic carbocycles. The second kappa shape index (κ2) is 1.01. The standard InChI is InChI=1S/C3H2N2O/c4-3-1-2-5-6-3/h1-2H. The summed E-state index contributed by atoms with van der Waals surface area (Å²) in [4.78, 5) is 0. The first-order valence-electron chi connectivity index (χ1n) is 1.49. The third-order valence-corrected chi connectivity index (χ3v) is 0.424. The fourth-order valence-corrected chi connectivity index (χ4v) is 0.209. The minimum Gasteiger partial charge on any atom is -0.335 e. The van der Waals surface area contributed by atoms with Gasteiger partial charge in [-0.1, -0.05) is 5.16 Å². The van der Waals surface area contributed by atoms with Crippen LogP contribution < -0.4 is 5.73 Å². The van der Waals surface area contributed by atoms with Crippen molar-refractivity contribution in [3.8, 4) is 0 Å². The Bertz CT molecular complexity index is 112. The molecular formula is C3H2N2O. The van der Waals surface area contributed by atoms with Crippen molar-refractivity contribution in [2.45, 2.75) is 0 Å². The van der Waals surface area contributed by atoms with Gasteiger partial charge in [-0.25, -0.2) is 0 Å². The molecule has 0 aliphatic rings. The first-order chi connectivity index (χ1) is 2.89. The molecule has 2 radical (unpaired) electrons. The van der Waals surface area contributed by atoms with Crippen LogP contribution in [0.4, 0.5) is 5.88 Å². The van der Waals surface area contributed by atoms with E-state index in [0.29, 0.717) is 0 Å². The first kappa shape index (κ1) is 3.21. The highest BCUT2D eigenvalue weighted by atomic mass is 16.5. The van der Waals surface area contributed by atoms with Crippen molar-refractivity contribution in [1.82, 2.24) is 10.9 Å². The van der Waals surface area contributed by atoms with Gasteiger partial charge in [0.15, 0.2) is 0 Å². The average Bonchev–Trinajstić information content (AvgIpc) is 1.86. The Labute approximate surface area is 34.7 Å². The summed E-state index contributed by atoms with van der Waals surface area (Å²) in [5.41, 5.74) is 8.24. The second-order valence-corrected chi connectivity index (χ2v) is 0.851. The predicted molar refractivity (Wildman–Crippen MR) is 18.3 cm³/mol. The molecule has 1 aromatic rings. The maximum Gasteiger partial charge on any atom is 0.269 e. The summed E-state index contributed by atoms with van der Waals surface area (Å²) in [6.07, 6.45) is 1.37. The van der Waals surface area contributed by atoms with Crippen molar-refractivity contribution in [3.05, 3.63) is 12.3 Å². The van der Waals surface area contributed by atoms with Gasteiger partial charge in [0.2, 0.25) is 0 Å². The summed E-state index contributed by atoms with van der Waals surface area (Å²) < 4.78 is 4.14. The maximum absolute atomic E-state index is 8.24. The Hall–Kier alpha value is -0.990. The molecule has 3 heteroatoms. The van der Waals surface area contributed by atoms with Crippen LogP contribution in [0.3, 0.4) is 0 Å². The van der Waals surface area contributed by atoms with E-state index in [2.05, 4.69) is 9.68 Å². The van der Waals surface area contributed by atoms with Crippen LogP contribution in [0.5, 0.6) is 0 Å². The largest absolute Gasteiger partial charge is 0.335 e. The highest BCUT2D eigenvalue weighted by molar-refractivity contribution is 5.12. The molecule has 0 saturated heterocycles. The van der Waals surface area contributed by atoms with E-state index in [1.165, 1.54) is 12.3 Å². The normalized spacial score (nSPS) is 8.67. The molecule has 3 nitrogen and oxygen atoms in total. The molecule has 0 unspecified atom stereocenters. The summed E-state index contributed by atoms with van der Waals surface area (Å²) in [5, 5.41) is 3.20. The van der Waals surface area contributed by atoms with Crippen LogP contribution in [-0.2, 0) is 0 Å². The number of hydrogen-bond acceptors (Lipinski definition) is 2. The van der Waals surface area contributed by atoms with Crippen molar-refractivity contribution < 1.29 is 4.52 Å². The Morgan fingerprint density at radius 1 is 1.83 bits per heavy atom. The molecule has 0 aliphatic heterocycles. The molecule has 0 amide bonds. The van der Waals surface area contributed by atoms with Crippen molar-refractivity contribution in [2.75, 3.05) is 0 Å². The molecule has 0 bridgehead atoms. The number of hydrogen-bond donors (Lipinski definition) is 0. The van der Waals surface area contributed by atoms with Gasteiger partial charge in [-0.3, -0.25) is 0 Å². The third kappa shape index (κ3) is 0.337. The monoisotopic (exact) mass is 82.0 g/mol. The van der Waals surface area contributed by atoms with Gasteiger partial charge in [-0.15, -0.1) is 5.73 Å². The molecular weight excluding hydrogens is 80.0 g/mol. The van der Waals surface area contributed by atoms with Gasteiger partial charge >= 0.3 is 0 Å². The van der Waals surface area contributed by atoms with E-state index in [9.17, 15) is 0 Å². The average molecular weight is 82.1 g/mol. The maximum atomic E-state index is 8.24. The number of aromatic nitrogens is 1. The fourth-order valence-electron chi connectivity index (χ4n) is 0.209. The molecule has 1 aromatic heterocycles. The number of nitrogens with zero attached hydrogens (tertiary/aromatic N) is 2. The molecule has 30 valence electrons. The van der Waals surface area contributed by atoms with Crippen molar-refractivity contribution in [1.29, 1.82) is 0 Å². The smallest absolute Gasteiger partial charge is 0.269 e. The third-order valence-electron chi connectivity index (χ3n) is 0.424. The lowest BCUT2D eigenvalue weighted by Crippen LogP contribution is -1.51. The van der Waals surface area contributed by atoms with Crippen LogP contribution in [-0.4, -0.2) is 5.16 Å².